The number of hydrogen-bond acceptors (Lipinski definition) is 2. The molecule has 0 aliphatic carbocycles. The van der Waals surface area contributed by atoms with Crippen molar-refractivity contribution in [1.29, 1.82) is 0 Å². The Balaban J connectivity index is 1.90. The van der Waals surface area contributed by atoms with E-state index in [1.54, 1.807) is 24.3 Å². The Hall–Kier alpha value is -1.75. The van der Waals surface area contributed by atoms with Crippen molar-refractivity contribution in [1.82, 2.24) is 10.9 Å². The van der Waals surface area contributed by atoms with Crippen molar-refractivity contribution in [3.63, 3.8) is 0 Å². The van der Waals surface area contributed by atoms with E-state index in [1.165, 1.54) is 18.2 Å². The summed E-state index contributed by atoms with van der Waals surface area (Å²) in [7, 11) is 0. The molecule has 0 aromatic heterocycles. The fourth-order valence-corrected chi connectivity index (χ4v) is 2.32. The van der Waals surface area contributed by atoms with Gasteiger partial charge in [0.25, 0.3) is 5.91 Å². The molecular weight excluding hydrogens is 347 g/mol. The van der Waals surface area contributed by atoms with Crippen molar-refractivity contribution in [3.8, 4) is 0 Å². The summed E-state index contributed by atoms with van der Waals surface area (Å²) in [5.74, 6) is -0.883. The van der Waals surface area contributed by atoms with Gasteiger partial charge in [0.2, 0.25) is 5.91 Å². The van der Waals surface area contributed by atoms with Gasteiger partial charge in [0.15, 0.2) is 0 Å². The Morgan fingerprint density at radius 2 is 1.50 bits per heavy atom. The molecule has 0 aliphatic heterocycles. The standard InChI is InChI=1S/C15H11Cl3N2O2/c16-10-3-1-9(2-4-10)7-14(21)19-20-15(22)12-6-5-11(17)8-13(12)18/h1-6,8H,7H2,(H,19,21)(H,20,22). The van der Waals surface area contributed by atoms with Crippen LogP contribution in [0.5, 0.6) is 0 Å². The zero-order valence-electron chi connectivity index (χ0n) is 11.2. The van der Waals surface area contributed by atoms with Crippen LogP contribution >= 0.6 is 34.8 Å². The summed E-state index contributed by atoms with van der Waals surface area (Å²) in [6, 6.07) is 11.3. The monoisotopic (exact) mass is 356 g/mol. The quantitative estimate of drug-likeness (QED) is 0.824. The number of carbonyl (C=O) groups excluding carboxylic acids is 2. The van der Waals surface area contributed by atoms with Crippen LogP contribution in [0.2, 0.25) is 15.1 Å². The van der Waals surface area contributed by atoms with Crippen LogP contribution in [0.1, 0.15) is 15.9 Å². The number of benzene rings is 2. The third-order valence-corrected chi connectivity index (χ3v) is 3.57. The highest BCUT2D eigenvalue weighted by Gasteiger charge is 2.11. The van der Waals surface area contributed by atoms with Crippen molar-refractivity contribution in [2.24, 2.45) is 0 Å². The van der Waals surface area contributed by atoms with Crippen LogP contribution in [-0.4, -0.2) is 11.8 Å². The highest BCUT2D eigenvalue weighted by Crippen LogP contribution is 2.20. The molecule has 0 spiro atoms. The van der Waals surface area contributed by atoms with Gasteiger partial charge in [0, 0.05) is 10.0 Å². The maximum absolute atomic E-state index is 11.9. The van der Waals surface area contributed by atoms with E-state index in [1.807, 2.05) is 0 Å². The predicted molar refractivity (Wildman–Crippen MR) is 87.2 cm³/mol. The molecule has 0 atom stereocenters. The molecule has 2 aromatic carbocycles. The lowest BCUT2D eigenvalue weighted by Crippen LogP contribution is -2.42. The molecule has 0 aliphatic rings. The van der Waals surface area contributed by atoms with E-state index in [4.69, 9.17) is 34.8 Å². The first kappa shape index (κ1) is 16.6. The van der Waals surface area contributed by atoms with Crippen LogP contribution in [0.15, 0.2) is 42.5 Å². The molecule has 7 heteroatoms. The highest BCUT2D eigenvalue weighted by molar-refractivity contribution is 6.36. The topological polar surface area (TPSA) is 58.2 Å². The zero-order valence-corrected chi connectivity index (χ0v) is 13.5. The normalized spacial score (nSPS) is 10.1. The minimum Gasteiger partial charge on any atom is -0.273 e. The van der Waals surface area contributed by atoms with Gasteiger partial charge in [-0.15, -0.1) is 0 Å². The second-order valence-corrected chi connectivity index (χ2v) is 5.71. The van der Waals surface area contributed by atoms with Crippen molar-refractivity contribution in [2.75, 3.05) is 0 Å². The van der Waals surface area contributed by atoms with Crippen molar-refractivity contribution >= 4 is 46.6 Å². The number of rotatable bonds is 3. The minimum absolute atomic E-state index is 0.117. The van der Waals surface area contributed by atoms with Crippen molar-refractivity contribution < 1.29 is 9.59 Å². The molecule has 2 aromatic rings. The Morgan fingerprint density at radius 3 is 2.14 bits per heavy atom. The molecule has 2 rings (SSSR count). The number of hydrazine groups is 1. The molecule has 0 bridgehead atoms. The molecule has 114 valence electrons. The first-order valence-electron chi connectivity index (χ1n) is 6.24. The van der Waals surface area contributed by atoms with E-state index in [-0.39, 0.29) is 22.9 Å². The van der Waals surface area contributed by atoms with Gasteiger partial charge < -0.3 is 0 Å². The molecule has 2 amide bonds. The van der Waals surface area contributed by atoms with Crippen LogP contribution < -0.4 is 10.9 Å². The summed E-state index contributed by atoms with van der Waals surface area (Å²) in [6.07, 6.45) is 0.117. The van der Waals surface area contributed by atoms with Crippen LogP contribution in [0.4, 0.5) is 0 Å². The number of carbonyl (C=O) groups is 2. The van der Waals surface area contributed by atoms with Gasteiger partial charge in [0.1, 0.15) is 0 Å². The molecule has 0 saturated heterocycles. The van der Waals surface area contributed by atoms with Gasteiger partial charge >= 0.3 is 0 Å². The van der Waals surface area contributed by atoms with Crippen LogP contribution in [0.3, 0.4) is 0 Å². The molecule has 0 fully saturated rings. The second kappa shape index (κ2) is 7.49. The van der Waals surface area contributed by atoms with E-state index in [0.29, 0.717) is 10.0 Å². The Kier molecular flexibility index (Phi) is 5.66. The van der Waals surface area contributed by atoms with Gasteiger partial charge in [-0.1, -0.05) is 46.9 Å². The maximum atomic E-state index is 11.9. The van der Waals surface area contributed by atoms with Gasteiger partial charge in [0.05, 0.1) is 17.0 Å². The first-order valence-corrected chi connectivity index (χ1v) is 7.38. The summed E-state index contributed by atoms with van der Waals surface area (Å²) in [5.41, 5.74) is 5.62. The third-order valence-electron chi connectivity index (χ3n) is 2.77. The first-order chi connectivity index (χ1) is 10.5. The highest BCUT2D eigenvalue weighted by atomic mass is 35.5. The molecule has 0 saturated carbocycles. The SMILES string of the molecule is O=C(Cc1ccc(Cl)cc1)NNC(=O)c1ccc(Cl)cc1Cl. The van der Waals surface area contributed by atoms with Crippen molar-refractivity contribution in [2.45, 2.75) is 6.42 Å². The molecular formula is C15H11Cl3N2O2. The molecule has 0 heterocycles. The van der Waals surface area contributed by atoms with E-state index in [0.717, 1.165) is 5.56 Å². The van der Waals surface area contributed by atoms with E-state index < -0.39 is 5.91 Å². The predicted octanol–water partition coefficient (Wildman–Crippen LogP) is 3.65. The summed E-state index contributed by atoms with van der Waals surface area (Å²) < 4.78 is 0. The van der Waals surface area contributed by atoms with Gasteiger partial charge in [-0.2, -0.15) is 0 Å². The van der Waals surface area contributed by atoms with Gasteiger partial charge in [-0.05, 0) is 35.9 Å². The second-order valence-electron chi connectivity index (χ2n) is 4.43. The molecule has 22 heavy (non-hydrogen) atoms. The van der Waals surface area contributed by atoms with Gasteiger partial charge in [-0.3, -0.25) is 20.4 Å². The Bertz CT molecular complexity index is 702. The average molecular weight is 358 g/mol. The van der Waals surface area contributed by atoms with Crippen LogP contribution in [0.25, 0.3) is 0 Å². The summed E-state index contributed by atoms with van der Waals surface area (Å²) in [4.78, 5) is 23.7. The lowest BCUT2D eigenvalue weighted by Gasteiger charge is -2.09. The maximum Gasteiger partial charge on any atom is 0.271 e. The van der Waals surface area contributed by atoms with E-state index in [2.05, 4.69) is 10.9 Å². The van der Waals surface area contributed by atoms with Crippen LogP contribution in [0, 0.1) is 0 Å². The summed E-state index contributed by atoms with van der Waals surface area (Å²) in [6.45, 7) is 0. The third kappa shape index (κ3) is 4.63. The smallest absolute Gasteiger partial charge is 0.271 e. The average Bonchev–Trinajstić information content (AvgIpc) is 2.47. The van der Waals surface area contributed by atoms with Gasteiger partial charge in [-0.25, -0.2) is 0 Å². The summed E-state index contributed by atoms with van der Waals surface area (Å²) >= 11 is 17.4. The number of nitrogens with one attached hydrogen (secondary N) is 2. The molecule has 0 radical (unpaired) electrons. The fourth-order valence-electron chi connectivity index (χ4n) is 1.70. The van der Waals surface area contributed by atoms with E-state index >= 15 is 0 Å². The fraction of sp³-hybridized carbons (Fsp3) is 0.0667. The van der Waals surface area contributed by atoms with Crippen LogP contribution in [-0.2, 0) is 11.2 Å². The van der Waals surface area contributed by atoms with E-state index in [9.17, 15) is 9.59 Å². The summed E-state index contributed by atoms with van der Waals surface area (Å²) in [5, 5.41) is 1.22. The molecule has 4 nitrogen and oxygen atoms in total. The number of amides is 2. The van der Waals surface area contributed by atoms with Crippen molar-refractivity contribution in [3.05, 3.63) is 68.7 Å². The molecule has 0 unspecified atom stereocenters. The lowest BCUT2D eigenvalue weighted by molar-refractivity contribution is -0.121. The molecule has 2 N–H and O–H groups in total. The Morgan fingerprint density at radius 1 is 0.864 bits per heavy atom. The zero-order chi connectivity index (χ0) is 16.1. The lowest BCUT2D eigenvalue weighted by atomic mass is 10.1. The number of halogens is 3. The minimum atomic E-state index is -0.522. The largest absolute Gasteiger partial charge is 0.273 e. The Labute approximate surface area is 142 Å². The number of hydrogen-bond donors (Lipinski definition) is 2.